The summed E-state index contributed by atoms with van der Waals surface area (Å²) in [6.45, 7) is 0. The Hall–Kier alpha value is -1.55. The SMILES string of the molecule is CN(C)c1nc2ccc3cc(Br)ccc3c2[nH]1. The number of hydrogen-bond donors (Lipinski definition) is 1. The van der Waals surface area contributed by atoms with Gasteiger partial charge in [0.15, 0.2) is 0 Å². The predicted molar refractivity (Wildman–Crippen MR) is 75.6 cm³/mol. The summed E-state index contributed by atoms with van der Waals surface area (Å²) in [5, 5.41) is 2.41. The highest BCUT2D eigenvalue weighted by Crippen LogP contribution is 2.27. The number of aromatic amines is 1. The molecule has 0 aliphatic heterocycles. The number of halogens is 1. The van der Waals surface area contributed by atoms with Crippen molar-refractivity contribution in [3.8, 4) is 0 Å². The summed E-state index contributed by atoms with van der Waals surface area (Å²) in [6, 6.07) is 10.4. The van der Waals surface area contributed by atoms with Gasteiger partial charge in [0.25, 0.3) is 0 Å². The Morgan fingerprint density at radius 1 is 1.18 bits per heavy atom. The molecule has 0 fully saturated rings. The Morgan fingerprint density at radius 2 is 2.00 bits per heavy atom. The van der Waals surface area contributed by atoms with Crippen LogP contribution in [0.4, 0.5) is 5.95 Å². The van der Waals surface area contributed by atoms with E-state index in [0.717, 1.165) is 21.5 Å². The van der Waals surface area contributed by atoms with Crippen molar-refractivity contribution in [3.63, 3.8) is 0 Å². The van der Waals surface area contributed by atoms with Gasteiger partial charge in [-0.25, -0.2) is 4.98 Å². The van der Waals surface area contributed by atoms with E-state index in [-0.39, 0.29) is 0 Å². The second-order valence-electron chi connectivity index (χ2n) is 4.28. The molecule has 3 rings (SSSR count). The molecule has 1 heterocycles. The molecule has 1 N–H and O–H groups in total. The highest BCUT2D eigenvalue weighted by molar-refractivity contribution is 9.10. The Morgan fingerprint density at radius 3 is 2.76 bits per heavy atom. The molecule has 0 bridgehead atoms. The molecule has 3 nitrogen and oxygen atoms in total. The van der Waals surface area contributed by atoms with Gasteiger partial charge in [0.05, 0.1) is 11.0 Å². The van der Waals surface area contributed by atoms with Crippen molar-refractivity contribution in [1.82, 2.24) is 9.97 Å². The third-order valence-corrected chi connectivity index (χ3v) is 3.34. The smallest absolute Gasteiger partial charge is 0.203 e. The lowest BCUT2D eigenvalue weighted by atomic mass is 10.1. The number of rotatable bonds is 1. The molecule has 0 radical (unpaired) electrons. The summed E-state index contributed by atoms with van der Waals surface area (Å²) in [5.74, 6) is 0.885. The van der Waals surface area contributed by atoms with Crippen molar-refractivity contribution >= 4 is 43.7 Å². The fourth-order valence-electron chi connectivity index (χ4n) is 1.98. The van der Waals surface area contributed by atoms with E-state index < -0.39 is 0 Å². The van der Waals surface area contributed by atoms with Crippen molar-refractivity contribution in [2.24, 2.45) is 0 Å². The minimum Gasteiger partial charge on any atom is -0.349 e. The maximum atomic E-state index is 4.54. The first-order valence-corrected chi connectivity index (χ1v) is 6.20. The van der Waals surface area contributed by atoms with Crippen LogP contribution in [0.2, 0.25) is 0 Å². The van der Waals surface area contributed by atoms with E-state index in [1.54, 1.807) is 0 Å². The van der Waals surface area contributed by atoms with Crippen LogP contribution in [0.1, 0.15) is 0 Å². The second kappa shape index (κ2) is 3.74. The minimum atomic E-state index is 0.885. The first-order chi connectivity index (χ1) is 8.15. The van der Waals surface area contributed by atoms with Crippen LogP contribution < -0.4 is 4.90 Å². The van der Waals surface area contributed by atoms with Gasteiger partial charge in [0, 0.05) is 24.0 Å². The van der Waals surface area contributed by atoms with Crippen LogP contribution in [0.15, 0.2) is 34.8 Å². The molecule has 1 aromatic heterocycles. The predicted octanol–water partition coefficient (Wildman–Crippen LogP) is 3.54. The fraction of sp³-hybridized carbons (Fsp3) is 0.154. The van der Waals surface area contributed by atoms with E-state index >= 15 is 0 Å². The number of anilines is 1. The number of hydrogen-bond acceptors (Lipinski definition) is 2. The zero-order valence-electron chi connectivity index (χ0n) is 9.66. The third-order valence-electron chi connectivity index (χ3n) is 2.85. The summed E-state index contributed by atoms with van der Waals surface area (Å²) < 4.78 is 1.09. The maximum Gasteiger partial charge on any atom is 0.203 e. The molecule has 0 aliphatic carbocycles. The molecule has 0 atom stereocenters. The van der Waals surface area contributed by atoms with Gasteiger partial charge in [-0.05, 0) is 23.6 Å². The van der Waals surface area contributed by atoms with Gasteiger partial charge in [-0.1, -0.05) is 28.1 Å². The number of nitrogens with zero attached hydrogens (tertiary/aromatic N) is 2. The monoisotopic (exact) mass is 289 g/mol. The lowest BCUT2D eigenvalue weighted by Crippen LogP contribution is -2.09. The maximum absolute atomic E-state index is 4.54. The van der Waals surface area contributed by atoms with Crippen LogP contribution in [-0.2, 0) is 0 Å². The fourth-order valence-corrected chi connectivity index (χ4v) is 2.36. The molecule has 0 saturated heterocycles. The van der Waals surface area contributed by atoms with Crippen LogP contribution in [0.3, 0.4) is 0 Å². The first-order valence-electron chi connectivity index (χ1n) is 5.40. The summed E-state index contributed by atoms with van der Waals surface area (Å²) in [6.07, 6.45) is 0. The third kappa shape index (κ3) is 1.69. The summed E-state index contributed by atoms with van der Waals surface area (Å²) >= 11 is 3.49. The topological polar surface area (TPSA) is 31.9 Å². The average molecular weight is 290 g/mol. The molecular formula is C13H12BrN3. The number of nitrogens with one attached hydrogen (secondary N) is 1. The van der Waals surface area contributed by atoms with Gasteiger partial charge >= 0.3 is 0 Å². The highest BCUT2D eigenvalue weighted by Gasteiger charge is 2.07. The number of benzene rings is 2. The van der Waals surface area contributed by atoms with Crippen molar-refractivity contribution in [1.29, 1.82) is 0 Å². The van der Waals surface area contributed by atoms with Crippen LogP contribution in [-0.4, -0.2) is 24.1 Å². The molecule has 2 aromatic carbocycles. The van der Waals surface area contributed by atoms with Crippen molar-refractivity contribution in [2.45, 2.75) is 0 Å². The van der Waals surface area contributed by atoms with E-state index in [2.05, 4.69) is 50.2 Å². The first kappa shape index (κ1) is 10.6. The van der Waals surface area contributed by atoms with Crippen LogP contribution in [0, 0.1) is 0 Å². The van der Waals surface area contributed by atoms with E-state index in [1.807, 2.05) is 25.1 Å². The average Bonchev–Trinajstić information content (AvgIpc) is 2.72. The van der Waals surface area contributed by atoms with Crippen molar-refractivity contribution < 1.29 is 0 Å². The van der Waals surface area contributed by atoms with Gasteiger partial charge in [-0.15, -0.1) is 0 Å². The summed E-state index contributed by atoms with van der Waals surface area (Å²) in [5.41, 5.74) is 2.10. The lowest BCUT2D eigenvalue weighted by molar-refractivity contribution is 1.05. The summed E-state index contributed by atoms with van der Waals surface area (Å²) in [4.78, 5) is 9.88. The molecule has 17 heavy (non-hydrogen) atoms. The normalized spacial score (nSPS) is 11.2. The Labute approximate surface area is 108 Å². The van der Waals surface area contributed by atoms with Crippen molar-refractivity contribution in [2.75, 3.05) is 19.0 Å². The van der Waals surface area contributed by atoms with Crippen LogP contribution in [0.5, 0.6) is 0 Å². The van der Waals surface area contributed by atoms with Crippen LogP contribution in [0.25, 0.3) is 21.8 Å². The van der Waals surface area contributed by atoms with E-state index in [1.165, 1.54) is 10.8 Å². The molecule has 3 aromatic rings. The van der Waals surface area contributed by atoms with Gasteiger partial charge in [0.1, 0.15) is 0 Å². The van der Waals surface area contributed by atoms with Gasteiger partial charge in [0.2, 0.25) is 5.95 Å². The molecule has 0 spiro atoms. The zero-order chi connectivity index (χ0) is 12.0. The Balaban J connectivity index is 2.38. The van der Waals surface area contributed by atoms with Crippen molar-refractivity contribution in [3.05, 3.63) is 34.8 Å². The number of imidazole rings is 1. The number of aromatic nitrogens is 2. The molecule has 0 aliphatic rings. The second-order valence-corrected chi connectivity index (χ2v) is 5.20. The van der Waals surface area contributed by atoms with Gasteiger partial charge < -0.3 is 9.88 Å². The minimum absolute atomic E-state index is 0.885. The van der Waals surface area contributed by atoms with E-state index in [4.69, 9.17) is 0 Å². The standard InChI is InChI=1S/C13H12BrN3/c1-17(2)13-15-11-6-3-8-7-9(14)4-5-10(8)12(11)16-13/h3-7H,1-2H3,(H,15,16). The molecule has 0 amide bonds. The van der Waals surface area contributed by atoms with Crippen LogP contribution >= 0.6 is 15.9 Å². The van der Waals surface area contributed by atoms with E-state index in [9.17, 15) is 0 Å². The zero-order valence-corrected chi connectivity index (χ0v) is 11.2. The Kier molecular flexibility index (Phi) is 2.33. The quantitative estimate of drug-likeness (QED) is 0.743. The molecule has 86 valence electrons. The number of H-pyrrole nitrogens is 1. The summed E-state index contributed by atoms with van der Waals surface area (Å²) in [7, 11) is 3.97. The highest BCUT2D eigenvalue weighted by atomic mass is 79.9. The Bertz CT molecular complexity index is 700. The van der Waals surface area contributed by atoms with E-state index in [0.29, 0.717) is 0 Å². The largest absolute Gasteiger partial charge is 0.349 e. The molecular weight excluding hydrogens is 278 g/mol. The molecule has 0 unspecified atom stereocenters. The number of fused-ring (bicyclic) bond motifs is 3. The van der Waals surface area contributed by atoms with Gasteiger partial charge in [-0.2, -0.15) is 0 Å². The molecule has 4 heteroatoms. The lowest BCUT2D eigenvalue weighted by Gasteiger charge is -2.05. The molecule has 0 saturated carbocycles. The van der Waals surface area contributed by atoms with Gasteiger partial charge in [-0.3, -0.25) is 0 Å².